The lowest BCUT2D eigenvalue weighted by atomic mass is 10.2. The van der Waals surface area contributed by atoms with Gasteiger partial charge in [0.05, 0.1) is 11.3 Å². The third-order valence-corrected chi connectivity index (χ3v) is 2.23. The highest BCUT2D eigenvalue weighted by Gasteiger charge is 2.14. The highest BCUT2D eigenvalue weighted by molar-refractivity contribution is 6.14. The Hall–Kier alpha value is -2.17. The number of imidazole rings is 1. The van der Waals surface area contributed by atoms with E-state index in [1.807, 2.05) is 0 Å². The monoisotopic (exact) mass is 220 g/mol. The van der Waals surface area contributed by atoms with Crippen LogP contribution in [0.1, 0.15) is 12.6 Å². The topological polar surface area (TPSA) is 54.6 Å². The molecule has 2 rings (SSSR count). The minimum atomic E-state index is -1.08. The van der Waals surface area contributed by atoms with Gasteiger partial charge in [-0.1, -0.05) is 6.08 Å². The van der Waals surface area contributed by atoms with E-state index in [4.69, 9.17) is 5.11 Å². The lowest BCUT2D eigenvalue weighted by Gasteiger charge is -1.93. The number of aliphatic carboxylic acids is 1. The molecule has 2 aromatic heterocycles. The first kappa shape index (κ1) is 10.4. The van der Waals surface area contributed by atoms with Gasteiger partial charge in [-0.2, -0.15) is 0 Å². The Morgan fingerprint density at radius 1 is 1.62 bits per heavy atom. The van der Waals surface area contributed by atoms with Crippen LogP contribution in [0.25, 0.3) is 11.2 Å². The molecule has 0 radical (unpaired) electrons. The van der Waals surface area contributed by atoms with Crippen molar-refractivity contribution < 1.29 is 14.3 Å². The summed E-state index contributed by atoms with van der Waals surface area (Å²) < 4.78 is 14.8. The summed E-state index contributed by atoms with van der Waals surface area (Å²) in [7, 11) is 0. The van der Waals surface area contributed by atoms with Gasteiger partial charge < -0.3 is 9.51 Å². The second-order valence-electron chi connectivity index (χ2n) is 3.22. The average molecular weight is 220 g/mol. The van der Waals surface area contributed by atoms with Crippen LogP contribution in [0.4, 0.5) is 4.39 Å². The molecule has 2 aromatic rings. The number of allylic oxidation sites excluding steroid dienone is 1. The van der Waals surface area contributed by atoms with Crippen molar-refractivity contribution in [3.05, 3.63) is 42.1 Å². The maximum atomic E-state index is 13.3. The smallest absolute Gasteiger partial charge is 0.337 e. The molecule has 0 unspecified atom stereocenters. The molecule has 0 bridgehead atoms. The van der Waals surface area contributed by atoms with Gasteiger partial charge in [0.25, 0.3) is 0 Å². The van der Waals surface area contributed by atoms with E-state index in [-0.39, 0.29) is 16.9 Å². The number of pyridine rings is 1. The number of hydrogen-bond acceptors (Lipinski definition) is 2. The van der Waals surface area contributed by atoms with Crippen molar-refractivity contribution in [2.45, 2.75) is 6.92 Å². The van der Waals surface area contributed by atoms with Crippen LogP contribution in [0.3, 0.4) is 0 Å². The van der Waals surface area contributed by atoms with E-state index in [0.29, 0.717) is 0 Å². The fourth-order valence-corrected chi connectivity index (χ4v) is 1.49. The average Bonchev–Trinajstić information content (AvgIpc) is 2.63. The maximum absolute atomic E-state index is 13.3. The zero-order valence-corrected chi connectivity index (χ0v) is 8.51. The van der Waals surface area contributed by atoms with Crippen molar-refractivity contribution >= 4 is 17.2 Å². The second-order valence-corrected chi connectivity index (χ2v) is 3.22. The van der Waals surface area contributed by atoms with Crippen molar-refractivity contribution in [2.75, 3.05) is 0 Å². The molecule has 0 aromatic carbocycles. The molecule has 4 nitrogen and oxygen atoms in total. The van der Waals surface area contributed by atoms with E-state index < -0.39 is 11.8 Å². The molecule has 5 heteroatoms. The van der Waals surface area contributed by atoms with Crippen LogP contribution in [-0.2, 0) is 4.79 Å². The fraction of sp³-hybridized carbons (Fsp3) is 0.0909. The number of fused-ring (bicyclic) bond motifs is 1. The Balaban J connectivity index is 2.64. The van der Waals surface area contributed by atoms with Gasteiger partial charge in [-0.05, 0) is 19.1 Å². The number of halogens is 1. The number of nitrogens with zero attached hydrogens (tertiary/aromatic N) is 2. The van der Waals surface area contributed by atoms with Crippen molar-refractivity contribution in [1.82, 2.24) is 9.38 Å². The molecular formula is C11H9FN2O2. The standard InChI is InChI=1S/C11H9FN2O2/c1-2-7(11(15)16)9-6-14-5-3-4-8(12)10(14)13-9/h2-6H,1H3,(H,15,16). The van der Waals surface area contributed by atoms with Crippen LogP contribution in [0.2, 0.25) is 0 Å². The molecule has 0 spiro atoms. The van der Waals surface area contributed by atoms with Crippen LogP contribution >= 0.6 is 0 Å². The SMILES string of the molecule is CC=C(C(=O)O)c1cn2cccc(F)c2n1. The summed E-state index contributed by atoms with van der Waals surface area (Å²) in [6.07, 6.45) is 4.54. The van der Waals surface area contributed by atoms with Crippen LogP contribution in [0, 0.1) is 5.82 Å². The Morgan fingerprint density at radius 2 is 2.38 bits per heavy atom. The first-order chi connectivity index (χ1) is 7.63. The molecule has 0 fully saturated rings. The van der Waals surface area contributed by atoms with Crippen LogP contribution in [0.5, 0.6) is 0 Å². The van der Waals surface area contributed by atoms with Crippen molar-refractivity contribution in [3.8, 4) is 0 Å². The van der Waals surface area contributed by atoms with E-state index >= 15 is 0 Å². The third-order valence-electron chi connectivity index (χ3n) is 2.23. The predicted molar refractivity (Wildman–Crippen MR) is 56.4 cm³/mol. The minimum Gasteiger partial charge on any atom is -0.478 e. The molecule has 1 N–H and O–H groups in total. The quantitative estimate of drug-likeness (QED) is 0.787. The lowest BCUT2D eigenvalue weighted by molar-refractivity contribution is -0.130. The number of rotatable bonds is 2. The first-order valence-electron chi connectivity index (χ1n) is 4.66. The van der Waals surface area contributed by atoms with Crippen LogP contribution in [-0.4, -0.2) is 20.5 Å². The van der Waals surface area contributed by atoms with E-state index in [1.165, 1.54) is 28.8 Å². The van der Waals surface area contributed by atoms with Crippen LogP contribution in [0.15, 0.2) is 30.6 Å². The van der Waals surface area contributed by atoms with E-state index in [9.17, 15) is 9.18 Å². The van der Waals surface area contributed by atoms with Gasteiger partial charge in [0.2, 0.25) is 0 Å². The van der Waals surface area contributed by atoms with Gasteiger partial charge in [0.15, 0.2) is 11.5 Å². The zero-order chi connectivity index (χ0) is 11.7. The van der Waals surface area contributed by atoms with Crippen LogP contribution < -0.4 is 0 Å². The number of carboxylic acids is 1. The molecule has 0 atom stereocenters. The second kappa shape index (κ2) is 3.77. The molecule has 0 aliphatic rings. The number of hydrogen-bond donors (Lipinski definition) is 1. The highest BCUT2D eigenvalue weighted by Crippen LogP contribution is 2.16. The lowest BCUT2D eigenvalue weighted by Crippen LogP contribution is -1.99. The van der Waals surface area contributed by atoms with E-state index in [2.05, 4.69) is 4.98 Å². The Labute approximate surface area is 90.7 Å². The van der Waals surface area contributed by atoms with E-state index in [1.54, 1.807) is 13.1 Å². The highest BCUT2D eigenvalue weighted by atomic mass is 19.1. The van der Waals surface area contributed by atoms with Crippen molar-refractivity contribution in [1.29, 1.82) is 0 Å². The van der Waals surface area contributed by atoms with Gasteiger partial charge in [-0.3, -0.25) is 0 Å². The molecule has 2 heterocycles. The molecular weight excluding hydrogens is 211 g/mol. The van der Waals surface area contributed by atoms with Gasteiger partial charge >= 0.3 is 5.97 Å². The molecule has 0 saturated heterocycles. The van der Waals surface area contributed by atoms with Gasteiger partial charge in [0, 0.05) is 12.4 Å². The van der Waals surface area contributed by atoms with Gasteiger partial charge in [-0.25, -0.2) is 14.2 Å². The van der Waals surface area contributed by atoms with E-state index in [0.717, 1.165) is 0 Å². The Morgan fingerprint density at radius 3 is 2.94 bits per heavy atom. The molecule has 0 amide bonds. The van der Waals surface area contributed by atoms with Crippen molar-refractivity contribution in [3.63, 3.8) is 0 Å². The summed E-state index contributed by atoms with van der Waals surface area (Å²) in [6.45, 7) is 1.60. The minimum absolute atomic E-state index is 0.0584. The predicted octanol–water partition coefficient (Wildman–Crippen LogP) is 1.96. The first-order valence-corrected chi connectivity index (χ1v) is 4.66. The summed E-state index contributed by atoms with van der Waals surface area (Å²) in [6, 6.07) is 2.81. The van der Waals surface area contributed by atoms with Gasteiger partial charge in [-0.15, -0.1) is 0 Å². The summed E-state index contributed by atoms with van der Waals surface area (Å²) in [5.41, 5.74) is 0.432. The molecule has 0 aliphatic heterocycles. The normalized spacial score (nSPS) is 12.0. The molecule has 16 heavy (non-hydrogen) atoms. The summed E-state index contributed by atoms with van der Waals surface area (Å²) >= 11 is 0. The Bertz CT molecular complexity index is 587. The Kier molecular flexibility index (Phi) is 2.44. The molecule has 0 aliphatic carbocycles. The number of aromatic nitrogens is 2. The third kappa shape index (κ3) is 1.56. The van der Waals surface area contributed by atoms with Gasteiger partial charge in [0.1, 0.15) is 0 Å². The van der Waals surface area contributed by atoms with Crippen molar-refractivity contribution in [2.24, 2.45) is 0 Å². The summed E-state index contributed by atoms with van der Waals surface area (Å²) in [5, 5.41) is 8.91. The molecule has 0 saturated carbocycles. The number of carbonyl (C=O) groups is 1. The maximum Gasteiger partial charge on any atom is 0.337 e. The zero-order valence-electron chi connectivity index (χ0n) is 8.51. The number of carboxylic acid groups (broad SMARTS) is 1. The molecule has 82 valence electrons. The fourth-order valence-electron chi connectivity index (χ4n) is 1.49. The largest absolute Gasteiger partial charge is 0.478 e. The summed E-state index contributed by atoms with van der Waals surface area (Å²) in [5.74, 6) is -1.55. The summed E-state index contributed by atoms with van der Waals surface area (Å²) in [4.78, 5) is 14.8.